The average Bonchev–Trinajstić information content (AvgIpc) is 2.91. The van der Waals surface area contributed by atoms with Gasteiger partial charge in [0.25, 0.3) is 15.9 Å². The summed E-state index contributed by atoms with van der Waals surface area (Å²) in [5.41, 5.74) is 6.18. The maximum absolute atomic E-state index is 13.7. The Morgan fingerprint density at radius 3 is 2.41 bits per heavy atom. The molecule has 0 saturated carbocycles. The van der Waals surface area contributed by atoms with E-state index in [1.54, 1.807) is 36.4 Å². The van der Waals surface area contributed by atoms with E-state index >= 15 is 0 Å². The van der Waals surface area contributed by atoms with Crippen LogP contribution in [0.2, 0.25) is 0 Å². The Hall–Kier alpha value is -3.32. The minimum Gasteiger partial charge on any atom is -0.476 e. The first-order chi connectivity index (χ1) is 17.8. The minimum absolute atomic E-state index is 0.0981. The molecule has 0 aromatic heterocycles. The minimum atomic E-state index is -3.90. The van der Waals surface area contributed by atoms with Gasteiger partial charge in [-0.1, -0.05) is 48.9 Å². The Morgan fingerprint density at radius 1 is 0.973 bits per heavy atom. The second-order valence-corrected chi connectivity index (χ2v) is 12.0. The van der Waals surface area contributed by atoms with E-state index in [4.69, 9.17) is 4.74 Å². The van der Waals surface area contributed by atoms with Gasteiger partial charge in [-0.05, 0) is 92.5 Å². The largest absolute Gasteiger partial charge is 0.476 e. The summed E-state index contributed by atoms with van der Waals surface area (Å²) in [6, 6.07) is 18.5. The molecule has 2 atom stereocenters. The number of nitrogens with zero attached hydrogens (tertiary/aromatic N) is 1. The number of hydrogen-bond donors (Lipinski definition) is 1. The Balaban J connectivity index is 1.42. The molecule has 194 valence electrons. The fourth-order valence-electron chi connectivity index (χ4n) is 5.22. The highest BCUT2D eigenvalue weighted by atomic mass is 32.2. The molecular weight excluding hydrogens is 484 g/mol. The Bertz CT molecular complexity index is 1420. The van der Waals surface area contributed by atoms with E-state index in [0.29, 0.717) is 11.4 Å². The van der Waals surface area contributed by atoms with Crippen molar-refractivity contribution in [3.63, 3.8) is 0 Å². The van der Waals surface area contributed by atoms with Gasteiger partial charge in [-0.25, -0.2) is 8.42 Å². The Morgan fingerprint density at radius 2 is 1.68 bits per heavy atom. The molecule has 1 aliphatic carbocycles. The van der Waals surface area contributed by atoms with Gasteiger partial charge in [0.2, 0.25) is 0 Å². The molecule has 3 aromatic rings. The maximum atomic E-state index is 13.7. The van der Waals surface area contributed by atoms with Gasteiger partial charge < -0.3 is 10.1 Å². The lowest BCUT2D eigenvalue weighted by molar-refractivity contribution is -0.128. The first kappa shape index (κ1) is 25.3. The number of anilines is 1. The molecule has 0 unspecified atom stereocenters. The van der Waals surface area contributed by atoms with Gasteiger partial charge in [0.05, 0.1) is 23.2 Å². The fraction of sp³-hybridized carbons (Fsp3) is 0.367. The lowest BCUT2D eigenvalue weighted by atomic mass is 9.88. The van der Waals surface area contributed by atoms with Crippen molar-refractivity contribution in [3.8, 4) is 5.75 Å². The van der Waals surface area contributed by atoms with Crippen LogP contribution in [0.3, 0.4) is 0 Å². The standard InChI is InChI=1S/C30H34N2O4S/c1-4-26(24-13-12-22-7-5-6-8-23(22)18-24)31-30(33)29-19-32(27-17-21(3)11-16-28(27)36-29)37(34,35)25-14-9-20(2)10-15-25/h9-18,26,29H,4-8,19H2,1-3H3,(H,31,33)/t26-,29+/m0/s1. The average molecular weight is 519 g/mol. The van der Waals surface area contributed by atoms with Crippen LogP contribution in [0.5, 0.6) is 5.75 Å². The van der Waals surface area contributed by atoms with Gasteiger partial charge in [-0.3, -0.25) is 9.10 Å². The first-order valence-corrected chi connectivity index (χ1v) is 14.5. The molecule has 1 N–H and O–H groups in total. The summed E-state index contributed by atoms with van der Waals surface area (Å²) in [6.07, 6.45) is 4.35. The van der Waals surface area contributed by atoms with Gasteiger partial charge in [0.1, 0.15) is 5.75 Å². The molecule has 1 heterocycles. The van der Waals surface area contributed by atoms with Crippen LogP contribution in [0.25, 0.3) is 0 Å². The molecule has 37 heavy (non-hydrogen) atoms. The maximum Gasteiger partial charge on any atom is 0.264 e. The number of amides is 1. The molecule has 0 spiro atoms. The molecule has 0 fully saturated rings. The first-order valence-electron chi connectivity index (χ1n) is 13.0. The van der Waals surface area contributed by atoms with Gasteiger partial charge >= 0.3 is 0 Å². The third-order valence-electron chi connectivity index (χ3n) is 7.39. The van der Waals surface area contributed by atoms with Gasteiger partial charge in [-0.15, -0.1) is 0 Å². The fourth-order valence-corrected chi connectivity index (χ4v) is 6.69. The predicted molar refractivity (Wildman–Crippen MR) is 146 cm³/mol. The second-order valence-electron chi connectivity index (χ2n) is 10.1. The van der Waals surface area contributed by atoms with E-state index < -0.39 is 16.1 Å². The summed E-state index contributed by atoms with van der Waals surface area (Å²) < 4.78 is 34.8. The summed E-state index contributed by atoms with van der Waals surface area (Å²) in [7, 11) is -3.90. The highest BCUT2D eigenvalue weighted by Crippen LogP contribution is 2.38. The van der Waals surface area contributed by atoms with E-state index in [2.05, 4.69) is 23.5 Å². The summed E-state index contributed by atoms with van der Waals surface area (Å²) >= 11 is 0. The van der Waals surface area contributed by atoms with Gasteiger partial charge in [-0.2, -0.15) is 0 Å². The number of nitrogens with one attached hydrogen (secondary N) is 1. The van der Waals surface area contributed by atoms with Crippen molar-refractivity contribution in [2.45, 2.75) is 69.9 Å². The zero-order valence-electron chi connectivity index (χ0n) is 21.7. The number of rotatable bonds is 6. The lowest BCUT2D eigenvalue weighted by Crippen LogP contribution is -2.51. The van der Waals surface area contributed by atoms with E-state index in [0.717, 1.165) is 36.0 Å². The predicted octanol–water partition coefficient (Wildman–Crippen LogP) is 5.41. The van der Waals surface area contributed by atoms with Crippen LogP contribution in [-0.2, 0) is 27.7 Å². The molecular formula is C30H34N2O4S. The Kier molecular flexibility index (Phi) is 6.99. The van der Waals surface area contributed by atoms with Gasteiger partial charge in [0, 0.05) is 0 Å². The smallest absolute Gasteiger partial charge is 0.264 e. The molecule has 0 radical (unpaired) electrons. The molecule has 2 aliphatic rings. The molecule has 0 saturated heterocycles. The van der Waals surface area contributed by atoms with Crippen molar-refractivity contribution in [2.75, 3.05) is 10.8 Å². The van der Waals surface area contributed by atoms with Crippen LogP contribution in [-0.4, -0.2) is 27.0 Å². The van der Waals surface area contributed by atoms with E-state index in [1.807, 2.05) is 26.8 Å². The van der Waals surface area contributed by atoms with Crippen molar-refractivity contribution in [1.29, 1.82) is 0 Å². The molecule has 7 heteroatoms. The third kappa shape index (κ3) is 5.10. The van der Waals surface area contributed by atoms with Crippen LogP contribution in [0.15, 0.2) is 65.6 Å². The molecule has 6 nitrogen and oxygen atoms in total. The summed E-state index contributed by atoms with van der Waals surface area (Å²) in [6.45, 7) is 5.76. The molecule has 1 aliphatic heterocycles. The number of sulfonamides is 1. The molecule has 0 bridgehead atoms. The Labute approximate surface area is 219 Å². The van der Waals surface area contributed by atoms with Crippen molar-refractivity contribution in [2.24, 2.45) is 0 Å². The zero-order chi connectivity index (χ0) is 26.2. The zero-order valence-corrected chi connectivity index (χ0v) is 22.5. The van der Waals surface area contributed by atoms with E-state index in [9.17, 15) is 13.2 Å². The van der Waals surface area contributed by atoms with Crippen LogP contribution in [0.4, 0.5) is 5.69 Å². The normalized spacial score (nSPS) is 17.8. The monoisotopic (exact) mass is 518 g/mol. The lowest BCUT2D eigenvalue weighted by Gasteiger charge is -2.35. The summed E-state index contributed by atoms with van der Waals surface area (Å²) in [5.74, 6) is 0.0643. The number of carbonyl (C=O) groups is 1. The molecule has 1 amide bonds. The third-order valence-corrected chi connectivity index (χ3v) is 9.18. The van der Waals surface area contributed by atoms with Crippen molar-refractivity contribution >= 4 is 21.6 Å². The van der Waals surface area contributed by atoms with Crippen LogP contribution < -0.4 is 14.4 Å². The summed E-state index contributed by atoms with van der Waals surface area (Å²) in [5, 5.41) is 3.14. The van der Waals surface area contributed by atoms with Crippen molar-refractivity contribution in [1.82, 2.24) is 5.32 Å². The van der Waals surface area contributed by atoms with Crippen LogP contribution in [0.1, 0.15) is 60.0 Å². The SMILES string of the molecule is CC[C@H](NC(=O)[C@H]1CN(S(=O)(=O)c2ccc(C)cc2)c2cc(C)ccc2O1)c1ccc2c(c1)CCCC2. The number of aryl methyl sites for hydroxylation is 4. The van der Waals surface area contributed by atoms with Crippen LogP contribution >= 0.6 is 0 Å². The highest BCUT2D eigenvalue weighted by molar-refractivity contribution is 7.92. The van der Waals surface area contributed by atoms with Crippen molar-refractivity contribution in [3.05, 3.63) is 88.5 Å². The number of hydrogen-bond acceptors (Lipinski definition) is 4. The molecule has 3 aromatic carbocycles. The number of ether oxygens (including phenoxy) is 1. The number of benzene rings is 3. The van der Waals surface area contributed by atoms with E-state index in [1.165, 1.54) is 28.3 Å². The van der Waals surface area contributed by atoms with Crippen molar-refractivity contribution < 1.29 is 17.9 Å². The van der Waals surface area contributed by atoms with Gasteiger partial charge in [0.15, 0.2) is 6.10 Å². The number of carbonyl (C=O) groups excluding carboxylic acids is 1. The number of fused-ring (bicyclic) bond motifs is 2. The second kappa shape index (κ2) is 10.2. The van der Waals surface area contributed by atoms with E-state index in [-0.39, 0.29) is 23.4 Å². The highest BCUT2D eigenvalue weighted by Gasteiger charge is 2.38. The quantitative estimate of drug-likeness (QED) is 0.474. The topological polar surface area (TPSA) is 75.7 Å². The summed E-state index contributed by atoms with van der Waals surface area (Å²) in [4.78, 5) is 13.7. The van der Waals surface area contributed by atoms with Crippen LogP contribution in [0, 0.1) is 13.8 Å². The molecule has 5 rings (SSSR count).